The summed E-state index contributed by atoms with van der Waals surface area (Å²) in [4.78, 5) is 27.2. The van der Waals surface area contributed by atoms with Crippen molar-refractivity contribution in [2.75, 3.05) is 39.5 Å². The highest BCUT2D eigenvalue weighted by atomic mass is 16.5. The lowest BCUT2D eigenvalue weighted by atomic mass is 9.75. The van der Waals surface area contributed by atoms with Gasteiger partial charge in [-0.2, -0.15) is 0 Å². The molecule has 0 radical (unpaired) electrons. The summed E-state index contributed by atoms with van der Waals surface area (Å²) in [7, 11) is 0. The van der Waals surface area contributed by atoms with Gasteiger partial charge in [0.1, 0.15) is 6.04 Å². The van der Waals surface area contributed by atoms with Crippen LogP contribution in [0.15, 0.2) is 60.7 Å². The Bertz CT molecular complexity index is 1030. The minimum Gasteiger partial charge on any atom is -0.379 e. The molecule has 2 aromatic rings. The second kappa shape index (κ2) is 24.4. The summed E-state index contributed by atoms with van der Waals surface area (Å²) < 4.78 is 11.5. The van der Waals surface area contributed by atoms with E-state index < -0.39 is 6.04 Å². The van der Waals surface area contributed by atoms with Crippen LogP contribution in [0.5, 0.6) is 0 Å². The average Bonchev–Trinajstić information content (AvgIpc) is 3.05. The Labute approximate surface area is 286 Å². The van der Waals surface area contributed by atoms with Gasteiger partial charge in [-0.25, -0.2) is 0 Å². The second-order valence-corrected chi connectivity index (χ2v) is 14.0. The van der Waals surface area contributed by atoms with Crippen LogP contribution in [-0.2, 0) is 32.2 Å². The molecule has 2 unspecified atom stereocenters. The van der Waals surface area contributed by atoms with Crippen LogP contribution in [0.4, 0.5) is 0 Å². The molecular formula is C40H65N3O4. The third-order valence-electron chi connectivity index (χ3n) is 8.83. The molecule has 7 nitrogen and oxygen atoms in total. The third-order valence-corrected chi connectivity index (χ3v) is 8.83. The Hall–Kier alpha value is -2.74. The lowest BCUT2D eigenvalue weighted by Gasteiger charge is -2.31. The third kappa shape index (κ3) is 19.6. The zero-order valence-electron chi connectivity index (χ0n) is 30.2. The fraction of sp³-hybridized carbons (Fsp3) is 0.650. The standard InChI is InChI=1S/C40H65N3O4/c1-6-7-8-9-16-23-37(40(3,4)5)24-17-18-26-41-39(45)34(2)42-38(44)25-28-46-30-31-47-29-27-43(32-35-19-12-10-13-20-35)33-36-21-14-11-15-22-36/h10-15,19-22,34,37H,6-9,16-18,23-33H2,1-5H3,(H,41,45)(H,42,44). The van der Waals surface area contributed by atoms with Gasteiger partial charge >= 0.3 is 0 Å². The van der Waals surface area contributed by atoms with Gasteiger partial charge in [-0.05, 0) is 48.6 Å². The van der Waals surface area contributed by atoms with Crippen molar-refractivity contribution in [1.29, 1.82) is 0 Å². The largest absolute Gasteiger partial charge is 0.379 e. The molecule has 0 aromatic heterocycles. The molecule has 264 valence electrons. The van der Waals surface area contributed by atoms with E-state index in [1.54, 1.807) is 6.92 Å². The van der Waals surface area contributed by atoms with E-state index in [9.17, 15) is 9.59 Å². The summed E-state index contributed by atoms with van der Waals surface area (Å²) in [5, 5.41) is 5.78. The first-order valence-corrected chi connectivity index (χ1v) is 18.2. The Morgan fingerprint density at radius 1 is 0.745 bits per heavy atom. The lowest BCUT2D eigenvalue weighted by Crippen LogP contribution is -2.45. The number of nitrogens with one attached hydrogen (secondary N) is 2. The first kappa shape index (κ1) is 40.4. The highest BCUT2D eigenvalue weighted by molar-refractivity contribution is 5.87. The highest BCUT2D eigenvalue weighted by Gasteiger charge is 2.23. The van der Waals surface area contributed by atoms with E-state index in [4.69, 9.17) is 9.47 Å². The molecule has 0 spiro atoms. The van der Waals surface area contributed by atoms with Gasteiger partial charge in [0, 0.05) is 32.6 Å². The number of hydrogen-bond acceptors (Lipinski definition) is 5. The van der Waals surface area contributed by atoms with Crippen molar-refractivity contribution in [2.45, 2.75) is 118 Å². The molecule has 2 amide bonds. The Morgan fingerprint density at radius 2 is 1.30 bits per heavy atom. The van der Waals surface area contributed by atoms with Crippen LogP contribution in [0.3, 0.4) is 0 Å². The maximum absolute atomic E-state index is 12.5. The number of hydrogen-bond donors (Lipinski definition) is 2. The van der Waals surface area contributed by atoms with E-state index in [1.165, 1.54) is 56.1 Å². The van der Waals surface area contributed by atoms with Gasteiger partial charge in [-0.15, -0.1) is 0 Å². The van der Waals surface area contributed by atoms with E-state index in [2.05, 4.69) is 91.8 Å². The van der Waals surface area contributed by atoms with Crippen molar-refractivity contribution in [3.63, 3.8) is 0 Å². The fourth-order valence-electron chi connectivity index (χ4n) is 5.84. The fourth-order valence-corrected chi connectivity index (χ4v) is 5.84. The van der Waals surface area contributed by atoms with Gasteiger partial charge in [0.15, 0.2) is 0 Å². The van der Waals surface area contributed by atoms with E-state index in [0.717, 1.165) is 32.5 Å². The minimum absolute atomic E-state index is 0.135. The molecule has 2 aromatic carbocycles. The summed E-state index contributed by atoms with van der Waals surface area (Å²) >= 11 is 0. The van der Waals surface area contributed by atoms with Crippen LogP contribution in [0.2, 0.25) is 0 Å². The molecule has 0 saturated heterocycles. The average molecular weight is 652 g/mol. The SMILES string of the molecule is CCCCCCCC(CCCCNC(=O)C(C)NC(=O)CCOCCOCCN(Cc1ccccc1)Cc1ccccc1)C(C)(C)C. The van der Waals surface area contributed by atoms with Crippen LogP contribution in [0.25, 0.3) is 0 Å². The number of carbonyl (C=O) groups is 2. The summed E-state index contributed by atoms with van der Waals surface area (Å²) in [6, 6.07) is 20.4. The smallest absolute Gasteiger partial charge is 0.242 e. The zero-order valence-corrected chi connectivity index (χ0v) is 30.2. The predicted octanol–water partition coefficient (Wildman–Crippen LogP) is 7.93. The molecule has 0 saturated carbocycles. The number of unbranched alkanes of at least 4 members (excludes halogenated alkanes) is 5. The van der Waals surface area contributed by atoms with Crippen molar-refractivity contribution in [1.82, 2.24) is 15.5 Å². The van der Waals surface area contributed by atoms with Crippen LogP contribution in [0.1, 0.15) is 110 Å². The highest BCUT2D eigenvalue weighted by Crippen LogP contribution is 2.34. The van der Waals surface area contributed by atoms with Gasteiger partial charge in [0.2, 0.25) is 11.8 Å². The minimum atomic E-state index is -0.564. The monoisotopic (exact) mass is 651 g/mol. The maximum atomic E-state index is 12.5. The molecule has 0 fully saturated rings. The van der Waals surface area contributed by atoms with Crippen molar-refractivity contribution in [2.24, 2.45) is 11.3 Å². The van der Waals surface area contributed by atoms with Gasteiger partial charge in [0.05, 0.1) is 26.4 Å². The first-order chi connectivity index (χ1) is 22.7. The molecule has 0 aliphatic carbocycles. The van der Waals surface area contributed by atoms with Crippen LogP contribution < -0.4 is 10.6 Å². The van der Waals surface area contributed by atoms with E-state index >= 15 is 0 Å². The van der Waals surface area contributed by atoms with Gasteiger partial charge in [-0.3, -0.25) is 14.5 Å². The molecule has 0 heterocycles. The molecule has 47 heavy (non-hydrogen) atoms. The van der Waals surface area contributed by atoms with Gasteiger partial charge in [0.25, 0.3) is 0 Å². The number of nitrogens with zero attached hydrogens (tertiary/aromatic N) is 1. The number of carbonyl (C=O) groups excluding carboxylic acids is 2. The number of ether oxygens (including phenoxy) is 2. The second-order valence-electron chi connectivity index (χ2n) is 14.0. The number of rotatable bonds is 26. The predicted molar refractivity (Wildman–Crippen MR) is 194 cm³/mol. The summed E-state index contributed by atoms with van der Waals surface area (Å²) in [6.45, 7) is 16.0. The molecule has 7 heteroatoms. The molecule has 0 bridgehead atoms. The maximum Gasteiger partial charge on any atom is 0.242 e. The molecule has 2 atom stereocenters. The lowest BCUT2D eigenvalue weighted by molar-refractivity contribution is -0.129. The number of benzene rings is 2. The summed E-state index contributed by atoms with van der Waals surface area (Å²) in [5.74, 6) is 0.398. The van der Waals surface area contributed by atoms with Crippen molar-refractivity contribution < 1.29 is 19.1 Å². The molecular weight excluding hydrogens is 586 g/mol. The molecule has 2 N–H and O–H groups in total. The van der Waals surface area contributed by atoms with Crippen LogP contribution >= 0.6 is 0 Å². The Morgan fingerprint density at radius 3 is 1.87 bits per heavy atom. The quantitative estimate of drug-likeness (QED) is 0.101. The molecule has 0 aliphatic rings. The van der Waals surface area contributed by atoms with Crippen molar-refractivity contribution >= 4 is 11.8 Å². The molecule has 0 aliphatic heterocycles. The van der Waals surface area contributed by atoms with Gasteiger partial charge in [-0.1, -0.05) is 127 Å². The zero-order chi connectivity index (χ0) is 34.2. The van der Waals surface area contributed by atoms with Crippen molar-refractivity contribution in [3.8, 4) is 0 Å². The summed E-state index contributed by atoms with van der Waals surface area (Å²) in [5.41, 5.74) is 2.87. The topological polar surface area (TPSA) is 79.9 Å². The van der Waals surface area contributed by atoms with Crippen LogP contribution in [-0.4, -0.2) is 62.3 Å². The Kier molecular flexibility index (Phi) is 21.0. The number of amides is 2. The van der Waals surface area contributed by atoms with E-state index in [0.29, 0.717) is 44.3 Å². The van der Waals surface area contributed by atoms with Gasteiger partial charge < -0.3 is 20.1 Å². The summed E-state index contributed by atoms with van der Waals surface area (Å²) in [6.07, 6.45) is 11.4. The van der Waals surface area contributed by atoms with Crippen molar-refractivity contribution in [3.05, 3.63) is 71.8 Å². The molecule has 2 rings (SSSR count). The van der Waals surface area contributed by atoms with E-state index in [-0.39, 0.29) is 18.2 Å². The Balaban J connectivity index is 1.53. The van der Waals surface area contributed by atoms with Crippen LogP contribution in [0, 0.1) is 11.3 Å². The normalized spacial score (nSPS) is 13.0. The first-order valence-electron chi connectivity index (χ1n) is 18.2. The van der Waals surface area contributed by atoms with E-state index in [1.807, 2.05) is 12.1 Å².